The second kappa shape index (κ2) is 8.87. The van der Waals surface area contributed by atoms with Crippen molar-refractivity contribution in [1.29, 1.82) is 0 Å². The van der Waals surface area contributed by atoms with E-state index in [0.29, 0.717) is 39.9 Å². The number of hydrogen-bond acceptors (Lipinski definition) is 3. The summed E-state index contributed by atoms with van der Waals surface area (Å²) in [5, 5.41) is 7.81. The van der Waals surface area contributed by atoms with Crippen molar-refractivity contribution in [3.05, 3.63) is 45.3 Å². The number of fused-ring (bicyclic) bond motifs is 1. The first-order valence-corrected chi connectivity index (χ1v) is 14.8. The Morgan fingerprint density at radius 2 is 1.58 bits per heavy atom. The molecule has 1 aromatic carbocycles. The summed E-state index contributed by atoms with van der Waals surface area (Å²) >= 11 is 7.69. The number of hydrogen-bond donors (Lipinski definition) is 2. The Morgan fingerprint density at radius 3 is 2.17 bits per heavy atom. The van der Waals surface area contributed by atoms with E-state index < -0.39 is 0 Å². The minimum Gasteiger partial charge on any atom is -0.322 e. The molecule has 4 saturated carbocycles. The standard InChI is InChI=1S/C30H37ClN2O2S/c1-29(2,3)20-4-9-23-24(13-20)36-27(25(23)26(34)32-22-7-5-21(31)6-8-22)33-28(35)30-14-17-10-18(15-30)12-19(11-17)16-30/h5-8,17-20H,4,9-16H2,1-3H3,(H,32,34)(H,33,35)/t17?,18?,19?,20-,30?/m0/s1. The van der Waals surface area contributed by atoms with Gasteiger partial charge in [-0.3, -0.25) is 9.59 Å². The largest absolute Gasteiger partial charge is 0.322 e. The molecule has 4 nitrogen and oxygen atoms in total. The van der Waals surface area contributed by atoms with Crippen LogP contribution in [0.15, 0.2) is 24.3 Å². The summed E-state index contributed by atoms with van der Waals surface area (Å²) in [6.07, 6.45) is 9.91. The van der Waals surface area contributed by atoms with Crippen LogP contribution in [0.25, 0.3) is 0 Å². The third-order valence-electron chi connectivity index (χ3n) is 9.57. The van der Waals surface area contributed by atoms with Crippen LogP contribution in [0.1, 0.15) is 86.5 Å². The van der Waals surface area contributed by atoms with E-state index in [-0.39, 0.29) is 22.6 Å². The van der Waals surface area contributed by atoms with E-state index in [1.165, 1.54) is 24.1 Å². The highest BCUT2D eigenvalue weighted by Gasteiger charge is 2.54. The van der Waals surface area contributed by atoms with E-state index in [4.69, 9.17) is 11.6 Å². The molecule has 2 aromatic rings. The molecule has 1 atom stereocenters. The van der Waals surface area contributed by atoms with Crippen LogP contribution in [0.5, 0.6) is 0 Å². The van der Waals surface area contributed by atoms with E-state index in [9.17, 15) is 9.59 Å². The van der Waals surface area contributed by atoms with Crippen LogP contribution in [-0.2, 0) is 17.6 Å². The van der Waals surface area contributed by atoms with Gasteiger partial charge in [0.15, 0.2) is 0 Å². The average Bonchev–Trinajstić information content (AvgIpc) is 3.16. The lowest BCUT2D eigenvalue weighted by Gasteiger charge is -2.55. The van der Waals surface area contributed by atoms with Crippen LogP contribution in [-0.4, -0.2) is 11.8 Å². The number of benzene rings is 1. The van der Waals surface area contributed by atoms with E-state index in [1.54, 1.807) is 23.5 Å². The molecule has 6 heteroatoms. The monoisotopic (exact) mass is 524 g/mol. The van der Waals surface area contributed by atoms with E-state index in [2.05, 4.69) is 31.4 Å². The molecule has 2 N–H and O–H groups in total. The summed E-state index contributed by atoms with van der Waals surface area (Å²) in [7, 11) is 0. The summed E-state index contributed by atoms with van der Waals surface area (Å²) in [6, 6.07) is 7.21. The summed E-state index contributed by atoms with van der Waals surface area (Å²) in [5.41, 5.74) is 2.50. The van der Waals surface area contributed by atoms with E-state index in [0.717, 1.165) is 49.1 Å². The van der Waals surface area contributed by atoms with Gasteiger partial charge in [0.05, 0.1) is 11.0 Å². The minimum atomic E-state index is -0.239. The van der Waals surface area contributed by atoms with Gasteiger partial charge in [-0.25, -0.2) is 0 Å². The van der Waals surface area contributed by atoms with Gasteiger partial charge in [0.2, 0.25) is 5.91 Å². The minimum absolute atomic E-state index is 0.134. The van der Waals surface area contributed by atoms with E-state index >= 15 is 0 Å². The van der Waals surface area contributed by atoms with Crippen LogP contribution in [0.2, 0.25) is 5.02 Å². The number of carbonyl (C=O) groups is 2. The fraction of sp³-hybridized carbons (Fsp3) is 0.600. The number of anilines is 2. The summed E-state index contributed by atoms with van der Waals surface area (Å²) in [5.74, 6) is 2.72. The lowest BCUT2D eigenvalue weighted by atomic mass is 9.49. The zero-order valence-electron chi connectivity index (χ0n) is 21.6. The summed E-state index contributed by atoms with van der Waals surface area (Å²) in [6.45, 7) is 6.92. The smallest absolute Gasteiger partial charge is 0.258 e. The highest BCUT2D eigenvalue weighted by Crippen LogP contribution is 2.60. The third-order valence-corrected chi connectivity index (χ3v) is 11.0. The molecule has 4 fully saturated rings. The molecule has 36 heavy (non-hydrogen) atoms. The van der Waals surface area contributed by atoms with Crippen molar-refractivity contribution in [2.24, 2.45) is 34.5 Å². The second-order valence-corrected chi connectivity index (χ2v) is 14.7. The van der Waals surface area contributed by atoms with Gasteiger partial charge in [-0.2, -0.15) is 0 Å². The van der Waals surface area contributed by atoms with Crippen LogP contribution < -0.4 is 10.6 Å². The highest BCUT2D eigenvalue weighted by molar-refractivity contribution is 7.17. The van der Waals surface area contributed by atoms with Gasteiger partial charge in [-0.15, -0.1) is 11.3 Å². The van der Waals surface area contributed by atoms with Crippen molar-refractivity contribution in [3.8, 4) is 0 Å². The van der Waals surface area contributed by atoms with Gasteiger partial charge in [-0.05, 0) is 117 Å². The van der Waals surface area contributed by atoms with Gasteiger partial charge in [0.25, 0.3) is 5.91 Å². The maximum Gasteiger partial charge on any atom is 0.258 e. The highest BCUT2D eigenvalue weighted by atomic mass is 35.5. The number of nitrogens with one attached hydrogen (secondary N) is 2. The Hall–Kier alpha value is -1.85. The van der Waals surface area contributed by atoms with Crippen LogP contribution in [0.3, 0.4) is 0 Å². The van der Waals surface area contributed by atoms with Crippen molar-refractivity contribution < 1.29 is 9.59 Å². The van der Waals surface area contributed by atoms with Crippen LogP contribution in [0, 0.1) is 34.5 Å². The van der Waals surface area contributed by atoms with Crippen LogP contribution >= 0.6 is 22.9 Å². The Kier molecular flexibility index (Phi) is 6.03. The lowest BCUT2D eigenvalue weighted by molar-refractivity contribution is -0.140. The normalized spacial score (nSPS) is 30.7. The van der Waals surface area contributed by atoms with Crippen molar-refractivity contribution in [1.82, 2.24) is 0 Å². The number of amides is 2. The average molecular weight is 525 g/mol. The maximum atomic E-state index is 13.9. The number of thiophene rings is 1. The molecule has 2 amide bonds. The topological polar surface area (TPSA) is 58.2 Å². The van der Waals surface area contributed by atoms with Gasteiger partial charge >= 0.3 is 0 Å². The summed E-state index contributed by atoms with van der Waals surface area (Å²) in [4.78, 5) is 28.9. The number of rotatable bonds is 4. The maximum absolute atomic E-state index is 13.9. The Morgan fingerprint density at radius 1 is 0.972 bits per heavy atom. The Bertz CT molecular complexity index is 1160. The first-order chi connectivity index (χ1) is 17.1. The molecule has 5 aliphatic rings. The first kappa shape index (κ1) is 24.5. The zero-order valence-corrected chi connectivity index (χ0v) is 23.2. The first-order valence-electron chi connectivity index (χ1n) is 13.6. The van der Waals surface area contributed by atoms with Gasteiger partial charge in [0.1, 0.15) is 5.00 Å². The molecule has 0 spiro atoms. The SMILES string of the molecule is CC(C)(C)[C@H]1CCc2c(sc(NC(=O)C34CC5CC(CC(C5)C3)C4)c2C(=O)Nc2ccc(Cl)cc2)C1. The predicted octanol–water partition coefficient (Wildman–Crippen LogP) is 7.96. The molecule has 1 aromatic heterocycles. The molecule has 0 saturated heterocycles. The predicted molar refractivity (Wildman–Crippen MR) is 148 cm³/mol. The molecule has 1 heterocycles. The van der Waals surface area contributed by atoms with Gasteiger partial charge in [-0.1, -0.05) is 32.4 Å². The van der Waals surface area contributed by atoms with Crippen molar-refractivity contribution in [2.45, 2.75) is 78.6 Å². The second-order valence-electron chi connectivity index (χ2n) is 13.1. The third kappa shape index (κ3) is 4.41. The quantitative estimate of drug-likeness (QED) is 0.426. The number of carbonyl (C=O) groups excluding carboxylic acids is 2. The summed E-state index contributed by atoms with van der Waals surface area (Å²) < 4.78 is 0. The Labute approximate surface area is 223 Å². The molecule has 192 valence electrons. The molecular formula is C30H37ClN2O2S. The molecule has 4 bridgehead atoms. The molecule has 0 radical (unpaired) electrons. The molecule has 5 aliphatic carbocycles. The van der Waals surface area contributed by atoms with Crippen molar-refractivity contribution in [2.75, 3.05) is 10.6 Å². The Balaban J connectivity index is 1.31. The van der Waals surface area contributed by atoms with Gasteiger partial charge in [0, 0.05) is 15.6 Å². The molecular weight excluding hydrogens is 488 g/mol. The van der Waals surface area contributed by atoms with Crippen LogP contribution in [0.4, 0.5) is 10.7 Å². The molecule has 7 rings (SSSR count). The fourth-order valence-corrected chi connectivity index (χ4v) is 9.45. The lowest BCUT2D eigenvalue weighted by Crippen LogP contribution is -2.51. The van der Waals surface area contributed by atoms with E-state index in [1.807, 2.05) is 12.1 Å². The fourth-order valence-electron chi connectivity index (χ4n) is 8.00. The molecule has 0 aliphatic heterocycles. The zero-order chi connectivity index (χ0) is 25.2. The van der Waals surface area contributed by atoms with Crippen molar-refractivity contribution in [3.63, 3.8) is 0 Å². The molecule has 0 unspecified atom stereocenters. The van der Waals surface area contributed by atoms with Gasteiger partial charge < -0.3 is 10.6 Å². The number of halogens is 1. The van der Waals surface area contributed by atoms with Crippen molar-refractivity contribution >= 4 is 45.4 Å².